The fraction of sp³-hybridized carbons (Fsp3) is 0.500. The Bertz CT molecular complexity index is 588. The van der Waals surface area contributed by atoms with Crippen LogP contribution in [0.3, 0.4) is 0 Å². The number of aromatic nitrogens is 2. The molecule has 1 aromatic carbocycles. The lowest BCUT2D eigenvalue weighted by Crippen LogP contribution is -2.34. The molecule has 2 aromatic rings. The minimum Gasteiger partial charge on any atom is -0.364 e. The third kappa shape index (κ3) is 4.29. The van der Waals surface area contributed by atoms with Crippen LogP contribution in [0.15, 0.2) is 24.3 Å². The molecule has 21 heavy (non-hydrogen) atoms. The van der Waals surface area contributed by atoms with Gasteiger partial charge >= 0.3 is 0 Å². The molecule has 0 spiro atoms. The van der Waals surface area contributed by atoms with Crippen LogP contribution in [0.4, 0.5) is 5.82 Å². The molecule has 0 fully saturated rings. The third-order valence-electron chi connectivity index (χ3n) is 3.32. The van der Waals surface area contributed by atoms with Crippen molar-refractivity contribution in [3.05, 3.63) is 29.4 Å². The molecule has 114 valence electrons. The van der Waals surface area contributed by atoms with Crippen LogP contribution in [0, 0.1) is 5.92 Å². The molecule has 5 heteroatoms. The topological polar surface area (TPSA) is 41.0 Å². The van der Waals surface area contributed by atoms with Crippen molar-refractivity contribution in [2.24, 2.45) is 5.92 Å². The van der Waals surface area contributed by atoms with Gasteiger partial charge in [0.1, 0.15) is 0 Å². The van der Waals surface area contributed by atoms with Crippen LogP contribution < -0.4 is 5.32 Å². The summed E-state index contributed by atoms with van der Waals surface area (Å²) < 4.78 is 0. The minimum absolute atomic E-state index is 0.332. The van der Waals surface area contributed by atoms with E-state index in [0.29, 0.717) is 17.1 Å². The molecule has 0 saturated carbocycles. The summed E-state index contributed by atoms with van der Waals surface area (Å²) in [6.45, 7) is 5.42. The van der Waals surface area contributed by atoms with Gasteiger partial charge in [-0.2, -0.15) is 0 Å². The number of rotatable bonds is 6. The number of nitrogens with zero attached hydrogens (tertiary/aromatic N) is 3. The number of likely N-dealkylation sites (N-methyl/N-ethyl adjacent to an activating group) is 1. The Labute approximate surface area is 131 Å². The van der Waals surface area contributed by atoms with Crippen LogP contribution in [0.2, 0.25) is 5.15 Å². The van der Waals surface area contributed by atoms with E-state index in [1.165, 1.54) is 0 Å². The number of halogens is 1. The Morgan fingerprint density at radius 1 is 1.14 bits per heavy atom. The van der Waals surface area contributed by atoms with Crippen LogP contribution in [-0.4, -0.2) is 41.8 Å². The zero-order chi connectivity index (χ0) is 15.4. The first-order chi connectivity index (χ1) is 9.97. The second kappa shape index (κ2) is 7.05. The number of fused-ring (bicyclic) bond motifs is 1. The Hall–Kier alpha value is -1.39. The van der Waals surface area contributed by atoms with E-state index >= 15 is 0 Å². The first kappa shape index (κ1) is 16.0. The van der Waals surface area contributed by atoms with Gasteiger partial charge in [-0.15, -0.1) is 10.2 Å². The molecule has 0 bridgehead atoms. The maximum Gasteiger partial charge on any atom is 0.159 e. The summed E-state index contributed by atoms with van der Waals surface area (Å²) in [5, 5.41) is 14.2. The van der Waals surface area contributed by atoms with Gasteiger partial charge < -0.3 is 10.2 Å². The molecule has 1 aromatic heterocycles. The largest absolute Gasteiger partial charge is 0.364 e. The van der Waals surface area contributed by atoms with Gasteiger partial charge in [0.25, 0.3) is 0 Å². The van der Waals surface area contributed by atoms with Gasteiger partial charge in [0.05, 0.1) is 0 Å². The zero-order valence-electron chi connectivity index (χ0n) is 13.1. The predicted octanol–water partition coefficient (Wildman–Crippen LogP) is 3.67. The molecule has 0 amide bonds. The highest BCUT2D eigenvalue weighted by Gasteiger charge is 2.15. The lowest BCUT2D eigenvalue weighted by molar-refractivity contribution is 0.356. The lowest BCUT2D eigenvalue weighted by Gasteiger charge is -2.24. The number of benzene rings is 1. The summed E-state index contributed by atoms with van der Waals surface area (Å²) in [4.78, 5) is 2.19. The van der Waals surface area contributed by atoms with E-state index < -0.39 is 0 Å². The molecule has 0 aliphatic heterocycles. The summed E-state index contributed by atoms with van der Waals surface area (Å²) in [7, 11) is 4.17. The quantitative estimate of drug-likeness (QED) is 0.884. The number of anilines is 1. The van der Waals surface area contributed by atoms with Gasteiger partial charge in [-0.05, 0) is 26.4 Å². The van der Waals surface area contributed by atoms with Crippen molar-refractivity contribution >= 4 is 28.2 Å². The first-order valence-corrected chi connectivity index (χ1v) is 7.67. The van der Waals surface area contributed by atoms with Crippen LogP contribution in [0.25, 0.3) is 10.8 Å². The monoisotopic (exact) mass is 306 g/mol. The van der Waals surface area contributed by atoms with E-state index in [4.69, 9.17) is 11.6 Å². The van der Waals surface area contributed by atoms with Crippen molar-refractivity contribution in [3.63, 3.8) is 0 Å². The molecule has 0 aliphatic rings. The molecule has 1 atom stereocenters. The summed E-state index contributed by atoms with van der Waals surface area (Å²) in [6.07, 6.45) is 1.08. The fourth-order valence-corrected chi connectivity index (χ4v) is 2.76. The normalized spacial score (nSPS) is 13.1. The molecular formula is C16H23ClN4. The molecule has 2 rings (SSSR count). The first-order valence-electron chi connectivity index (χ1n) is 7.29. The van der Waals surface area contributed by atoms with E-state index in [2.05, 4.69) is 48.4 Å². The smallest absolute Gasteiger partial charge is 0.159 e. The van der Waals surface area contributed by atoms with Crippen molar-refractivity contribution in [2.45, 2.75) is 26.3 Å². The Morgan fingerprint density at radius 3 is 2.43 bits per heavy atom. The van der Waals surface area contributed by atoms with E-state index in [1.54, 1.807) is 0 Å². The van der Waals surface area contributed by atoms with Crippen molar-refractivity contribution in [1.82, 2.24) is 15.1 Å². The second-order valence-electron chi connectivity index (χ2n) is 6.12. The summed E-state index contributed by atoms with van der Waals surface area (Å²) in [5.41, 5.74) is 0. The molecule has 1 heterocycles. The van der Waals surface area contributed by atoms with E-state index in [9.17, 15) is 0 Å². The Balaban J connectivity index is 2.30. The predicted molar refractivity (Wildman–Crippen MR) is 90.0 cm³/mol. The lowest BCUT2D eigenvalue weighted by atomic mass is 10.0. The molecule has 0 aliphatic carbocycles. The Morgan fingerprint density at radius 2 is 1.81 bits per heavy atom. The van der Waals surface area contributed by atoms with Crippen molar-refractivity contribution < 1.29 is 0 Å². The average molecular weight is 307 g/mol. The van der Waals surface area contributed by atoms with Crippen LogP contribution in [0.1, 0.15) is 20.3 Å². The van der Waals surface area contributed by atoms with Crippen molar-refractivity contribution in [1.29, 1.82) is 0 Å². The standard InChI is InChI=1S/C16H23ClN4/c1-11(2)9-12(10-21(3)4)18-16-14-8-6-5-7-13(14)15(17)19-20-16/h5-8,11-12H,9-10H2,1-4H3,(H,18,20). The van der Waals surface area contributed by atoms with Gasteiger partial charge in [0.2, 0.25) is 0 Å². The van der Waals surface area contributed by atoms with Gasteiger partial charge in [-0.1, -0.05) is 49.7 Å². The highest BCUT2D eigenvalue weighted by Crippen LogP contribution is 2.26. The van der Waals surface area contributed by atoms with Gasteiger partial charge in [0, 0.05) is 23.4 Å². The molecule has 0 radical (unpaired) electrons. The van der Waals surface area contributed by atoms with E-state index in [1.807, 2.05) is 24.3 Å². The third-order valence-corrected chi connectivity index (χ3v) is 3.60. The van der Waals surface area contributed by atoms with Crippen molar-refractivity contribution in [2.75, 3.05) is 26.0 Å². The fourth-order valence-electron chi connectivity index (χ4n) is 2.56. The van der Waals surface area contributed by atoms with Gasteiger partial charge in [0.15, 0.2) is 11.0 Å². The SMILES string of the molecule is CC(C)CC(CN(C)C)Nc1nnc(Cl)c2ccccc12. The van der Waals surface area contributed by atoms with Crippen LogP contribution in [-0.2, 0) is 0 Å². The molecule has 1 N–H and O–H groups in total. The number of nitrogens with one attached hydrogen (secondary N) is 1. The minimum atomic E-state index is 0.332. The molecule has 4 nitrogen and oxygen atoms in total. The van der Waals surface area contributed by atoms with Crippen molar-refractivity contribution in [3.8, 4) is 0 Å². The second-order valence-corrected chi connectivity index (χ2v) is 6.48. The summed E-state index contributed by atoms with van der Waals surface area (Å²) >= 11 is 6.12. The van der Waals surface area contributed by atoms with E-state index in [0.717, 1.165) is 29.6 Å². The highest BCUT2D eigenvalue weighted by molar-refractivity contribution is 6.34. The number of hydrogen-bond acceptors (Lipinski definition) is 4. The summed E-state index contributed by atoms with van der Waals surface area (Å²) in [5.74, 6) is 1.43. The molecular weight excluding hydrogens is 284 g/mol. The molecule has 0 saturated heterocycles. The van der Waals surface area contributed by atoms with Crippen LogP contribution in [0.5, 0.6) is 0 Å². The van der Waals surface area contributed by atoms with Crippen LogP contribution >= 0.6 is 11.6 Å². The number of hydrogen-bond donors (Lipinski definition) is 1. The maximum atomic E-state index is 6.12. The average Bonchev–Trinajstić information content (AvgIpc) is 2.41. The molecule has 1 unspecified atom stereocenters. The summed E-state index contributed by atoms with van der Waals surface area (Å²) in [6, 6.07) is 8.29. The van der Waals surface area contributed by atoms with Gasteiger partial charge in [-0.25, -0.2) is 0 Å². The van der Waals surface area contributed by atoms with E-state index in [-0.39, 0.29) is 0 Å². The maximum absolute atomic E-state index is 6.12. The highest BCUT2D eigenvalue weighted by atomic mass is 35.5. The Kier molecular flexibility index (Phi) is 5.37. The van der Waals surface area contributed by atoms with Gasteiger partial charge in [-0.3, -0.25) is 0 Å². The zero-order valence-corrected chi connectivity index (χ0v) is 13.9.